The summed E-state index contributed by atoms with van der Waals surface area (Å²) in [7, 11) is 0. The van der Waals surface area contributed by atoms with E-state index in [0.29, 0.717) is 4.88 Å². The van der Waals surface area contributed by atoms with Crippen LogP contribution in [-0.2, 0) is 22.4 Å². The summed E-state index contributed by atoms with van der Waals surface area (Å²) >= 11 is 1.47. The fourth-order valence-electron chi connectivity index (χ4n) is 2.69. The lowest BCUT2D eigenvalue weighted by atomic mass is 10.1. The number of rotatable bonds is 7. The molecule has 0 aliphatic heterocycles. The zero-order chi connectivity index (χ0) is 18.4. The lowest BCUT2D eigenvalue weighted by Crippen LogP contribution is -2.21. The number of para-hydroxylation sites is 1. The van der Waals surface area contributed by atoms with Crippen LogP contribution in [0.15, 0.2) is 24.3 Å². The molecule has 0 aliphatic carbocycles. The summed E-state index contributed by atoms with van der Waals surface area (Å²) in [6.07, 6.45) is 2.90. The van der Waals surface area contributed by atoms with E-state index < -0.39 is 5.97 Å². The summed E-state index contributed by atoms with van der Waals surface area (Å²) in [6.45, 7) is 7.78. The molecule has 0 atom stereocenters. The second-order valence-electron chi connectivity index (χ2n) is 6.05. The highest BCUT2D eigenvalue weighted by molar-refractivity contribution is 7.14. The molecular formula is C20H25NO3S. The van der Waals surface area contributed by atoms with E-state index in [1.54, 1.807) is 0 Å². The van der Waals surface area contributed by atoms with Gasteiger partial charge in [-0.2, -0.15) is 0 Å². The van der Waals surface area contributed by atoms with Crippen LogP contribution in [0.2, 0.25) is 0 Å². The molecule has 0 bridgehead atoms. The molecule has 1 heterocycles. The highest BCUT2D eigenvalue weighted by atomic mass is 32.1. The largest absolute Gasteiger partial charge is 0.451 e. The molecule has 0 spiro atoms. The van der Waals surface area contributed by atoms with Crippen molar-refractivity contribution >= 4 is 28.9 Å². The zero-order valence-corrected chi connectivity index (χ0v) is 16.1. The van der Waals surface area contributed by atoms with Gasteiger partial charge in [0.25, 0.3) is 5.91 Å². The first-order chi connectivity index (χ1) is 12.0. The van der Waals surface area contributed by atoms with E-state index in [2.05, 4.69) is 19.2 Å². The van der Waals surface area contributed by atoms with Gasteiger partial charge in [0.1, 0.15) is 4.88 Å². The monoisotopic (exact) mass is 359 g/mol. The van der Waals surface area contributed by atoms with Crippen LogP contribution in [0.4, 0.5) is 5.69 Å². The van der Waals surface area contributed by atoms with Crippen LogP contribution in [0.5, 0.6) is 0 Å². The molecule has 0 saturated carbocycles. The Morgan fingerprint density at radius 3 is 2.44 bits per heavy atom. The number of carbonyl (C=O) groups excluding carboxylic acids is 2. The smallest absolute Gasteiger partial charge is 0.348 e. The van der Waals surface area contributed by atoms with Crippen LogP contribution in [0.3, 0.4) is 0 Å². The van der Waals surface area contributed by atoms with Gasteiger partial charge >= 0.3 is 5.97 Å². The Hall–Kier alpha value is -2.14. The number of ether oxygens (including phenoxy) is 1. The Labute approximate surface area is 153 Å². The molecule has 1 N–H and O–H groups in total. The van der Waals surface area contributed by atoms with Crippen LogP contribution in [0, 0.1) is 13.8 Å². The molecule has 5 heteroatoms. The number of hydrogen-bond acceptors (Lipinski definition) is 4. The van der Waals surface area contributed by atoms with Crippen LogP contribution in [-0.4, -0.2) is 18.5 Å². The molecule has 0 aliphatic rings. The Morgan fingerprint density at radius 1 is 1.16 bits per heavy atom. The number of thiophene rings is 1. The van der Waals surface area contributed by atoms with Crippen LogP contribution < -0.4 is 5.32 Å². The van der Waals surface area contributed by atoms with Crippen molar-refractivity contribution in [2.45, 2.75) is 47.0 Å². The summed E-state index contributed by atoms with van der Waals surface area (Å²) in [4.78, 5) is 26.1. The van der Waals surface area contributed by atoms with Crippen LogP contribution in [0.25, 0.3) is 0 Å². The molecule has 2 aromatic rings. The number of amides is 1. The molecule has 4 nitrogen and oxygen atoms in total. The van der Waals surface area contributed by atoms with Crippen molar-refractivity contribution < 1.29 is 14.3 Å². The van der Waals surface area contributed by atoms with Gasteiger partial charge in [-0.25, -0.2) is 4.79 Å². The third kappa shape index (κ3) is 4.92. The second kappa shape index (κ2) is 8.81. The molecule has 25 heavy (non-hydrogen) atoms. The van der Waals surface area contributed by atoms with E-state index in [1.165, 1.54) is 21.8 Å². The summed E-state index contributed by atoms with van der Waals surface area (Å²) in [5, 5.41) is 2.82. The van der Waals surface area contributed by atoms with Crippen molar-refractivity contribution in [2.75, 3.05) is 11.9 Å². The van der Waals surface area contributed by atoms with E-state index >= 15 is 0 Å². The third-order valence-electron chi connectivity index (χ3n) is 4.04. The van der Waals surface area contributed by atoms with Crippen molar-refractivity contribution in [3.63, 3.8) is 0 Å². The van der Waals surface area contributed by atoms with Gasteiger partial charge in [-0.1, -0.05) is 38.5 Å². The first-order valence-electron chi connectivity index (χ1n) is 8.61. The average molecular weight is 359 g/mol. The molecule has 2 rings (SSSR count). The normalized spacial score (nSPS) is 10.6. The number of nitrogens with one attached hydrogen (secondary N) is 1. The quantitative estimate of drug-likeness (QED) is 0.731. The Balaban J connectivity index is 1.96. The number of esters is 1. The summed E-state index contributed by atoms with van der Waals surface area (Å²) < 4.78 is 5.19. The van der Waals surface area contributed by atoms with Gasteiger partial charge in [0.15, 0.2) is 6.61 Å². The molecule has 0 fully saturated rings. The molecule has 134 valence electrons. The zero-order valence-electron chi connectivity index (χ0n) is 15.3. The summed E-state index contributed by atoms with van der Waals surface area (Å²) in [5.41, 5.74) is 3.93. The predicted molar refractivity (Wildman–Crippen MR) is 103 cm³/mol. The van der Waals surface area contributed by atoms with Gasteiger partial charge in [0.2, 0.25) is 0 Å². The van der Waals surface area contributed by atoms with Crippen molar-refractivity contribution in [1.29, 1.82) is 0 Å². The SMILES string of the molecule is CCCc1sc(C(=O)OCC(=O)Nc2c(C)cccc2C)cc1CC. The van der Waals surface area contributed by atoms with Crippen molar-refractivity contribution in [2.24, 2.45) is 0 Å². The number of carbonyl (C=O) groups is 2. The van der Waals surface area contributed by atoms with E-state index in [0.717, 1.165) is 36.1 Å². The molecule has 1 aromatic carbocycles. The molecular weight excluding hydrogens is 334 g/mol. The van der Waals surface area contributed by atoms with Crippen molar-refractivity contribution in [3.8, 4) is 0 Å². The van der Waals surface area contributed by atoms with Gasteiger partial charge in [-0.15, -0.1) is 11.3 Å². The van der Waals surface area contributed by atoms with E-state index in [1.807, 2.05) is 38.1 Å². The summed E-state index contributed by atoms with van der Waals surface area (Å²) in [6, 6.07) is 7.70. The minimum absolute atomic E-state index is 0.283. The fourth-order valence-corrected chi connectivity index (χ4v) is 3.94. The van der Waals surface area contributed by atoms with Crippen molar-refractivity contribution in [3.05, 3.63) is 50.7 Å². The maximum absolute atomic E-state index is 12.2. The maximum Gasteiger partial charge on any atom is 0.348 e. The van der Waals surface area contributed by atoms with Crippen LogP contribution >= 0.6 is 11.3 Å². The highest BCUT2D eigenvalue weighted by Crippen LogP contribution is 2.25. The number of aryl methyl sites for hydroxylation is 4. The fraction of sp³-hybridized carbons (Fsp3) is 0.400. The Bertz CT molecular complexity index is 744. The van der Waals surface area contributed by atoms with E-state index in [9.17, 15) is 9.59 Å². The lowest BCUT2D eigenvalue weighted by Gasteiger charge is -2.11. The van der Waals surface area contributed by atoms with Crippen LogP contribution in [0.1, 0.15) is 51.5 Å². The molecule has 0 radical (unpaired) electrons. The van der Waals surface area contributed by atoms with Gasteiger partial charge in [0, 0.05) is 10.6 Å². The number of hydrogen-bond donors (Lipinski definition) is 1. The Kier molecular flexibility index (Phi) is 6.76. The predicted octanol–water partition coefficient (Wildman–Crippen LogP) is 4.68. The second-order valence-corrected chi connectivity index (χ2v) is 7.19. The maximum atomic E-state index is 12.2. The topological polar surface area (TPSA) is 55.4 Å². The molecule has 0 unspecified atom stereocenters. The average Bonchev–Trinajstić information content (AvgIpc) is 2.99. The van der Waals surface area contributed by atoms with E-state index in [-0.39, 0.29) is 12.5 Å². The standard InChI is InChI=1S/C20H25NO3S/c1-5-8-16-15(6-2)11-17(25-16)20(23)24-12-18(22)21-19-13(3)9-7-10-14(19)4/h7,9-11H,5-6,8,12H2,1-4H3,(H,21,22). The number of anilines is 1. The first kappa shape index (κ1) is 19.2. The molecule has 1 aromatic heterocycles. The van der Waals surface area contributed by atoms with Crippen molar-refractivity contribution in [1.82, 2.24) is 0 Å². The van der Waals surface area contributed by atoms with Gasteiger partial charge in [-0.05, 0) is 49.4 Å². The first-order valence-corrected chi connectivity index (χ1v) is 9.42. The minimum Gasteiger partial charge on any atom is -0.451 e. The Morgan fingerprint density at radius 2 is 1.84 bits per heavy atom. The van der Waals surface area contributed by atoms with Gasteiger partial charge < -0.3 is 10.1 Å². The molecule has 1 amide bonds. The van der Waals surface area contributed by atoms with E-state index in [4.69, 9.17) is 4.74 Å². The summed E-state index contributed by atoms with van der Waals surface area (Å²) in [5.74, 6) is -0.759. The lowest BCUT2D eigenvalue weighted by molar-refractivity contribution is -0.119. The molecule has 0 saturated heterocycles. The third-order valence-corrected chi connectivity index (χ3v) is 5.25. The minimum atomic E-state index is -0.432. The van der Waals surface area contributed by atoms with Gasteiger partial charge in [-0.3, -0.25) is 4.79 Å². The number of benzene rings is 1. The highest BCUT2D eigenvalue weighted by Gasteiger charge is 2.16. The van der Waals surface area contributed by atoms with Gasteiger partial charge in [0.05, 0.1) is 0 Å².